The average Bonchev–Trinajstić information content (AvgIpc) is 2.51. The Morgan fingerprint density at radius 2 is 1.96 bits per heavy atom. The van der Waals surface area contributed by atoms with Gasteiger partial charge in [0.25, 0.3) is 0 Å². The predicted octanol–water partition coefficient (Wildman–Crippen LogP) is 1.27. The van der Waals surface area contributed by atoms with Gasteiger partial charge in [-0.2, -0.15) is 0 Å². The Bertz CT molecular complexity index is 755. The van der Waals surface area contributed by atoms with Gasteiger partial charge in [-0.3, -0.25) is 4.79 Å². The number of esters is 1. The average molecular weight is 360 g/mol. The quantitative estimate of drug-likeness (QED) is 0.623. The number of fused-ring (bicyclic) bond motifs is 1. The molecule has 2 aliphatic heterocycles. The number of carbonyl (C=O) groups is 3. The summed E-state index contributed by atoms with van der Waals surface area (Å²) in [5, 5.41) is 12.9. The third kappa shape index (κ3) is 2.96. The molecule has 26 heavy (non-hydrogen) atoms. The number of hydrogen-bond acceptors (Lipinski definition) is 5. The van der Waals surface area contributed by atoms with Gasteiger partial charge >= 0.3 is 11.9 Å². The van der Waals surface area contributed by atoms with E-state index < -0.39 is 35.0 Å². The number of hydrogen-bond donors (Lipinski definition) is 2. The van der Waals surface area contributed by atoms with Gasteiger partial charge < -0.3 is 20.1 Å². The summed E-state index contributed by atoms with van der Waals surface area (Å²) in [4.78, 5) is 38.9. The van der Waals surface area contributed by atoms with Gasteiger partial charge in [-0.15, -0.1) is 0 Å². The first-order valence-corrected chi connectivity index (χ1v) is 8.76. The minimum Gasteiger partial charge on any atom is -0.479 e. The molecule has 3 rings (SSSR count). The maximum Gasteiger partial charge on any atom is 0.344 e. The molecule has 0 spiro atoms. The molecule has 2 N–H and O–H groups in total. The van der Waals surface area contributed by atoms with Crippen molar-refractivity contribution >= 4 is 17.8 Å². The lowest BCUT2D eigenvalue weighted by Crippen LogP contribution is -2.72. The van der Waals surface area contributed by atoms with Gasteiger partial charge in [0.05, 0.1) is 0 Å². The molecular formula is C19H24N2O5. The lowest BCUT2D eigenvalue weighted by molar-refractivity contribution is -0.194. The molecule has 2 atom stereocenters. The molecule has 1 fully saturated rings. The minimum absolute atomic E-state index is 0.0529. The second kappa shape index (κ2) is 6.39. The molecule has 1 amide bonds. The van der Waals surface area contributed by atoms with E-state index in [1.165, 1.54) is 0 Å². The van der Waals surface area contributed by atoms with Crippen LogP contribution in [0.4, 0.5) is 0 Å². The van der Waals surface area contributed by atoms with Crippen LogP contribution in [0.15, 0.2) is 24.3 Å². The summed E-state index contributed by atoms with van der Waals surface area (Å²) in [7, 11) is 0. The van der Waals surface area contributed by atoms with E-state index in [2.05, 4.69) is 5.32 Å². The molecule has 140 valence electrons. The SMILES string of the molecule is CC(C)(C)OC(=O)C1(C(=O)O)CCN1C(=O)C1NCCc2ccccc21. The van der Waals surface area contributed by atoms with Gasteiger partial charge in [-0.05, 0) is 38.3 Å². The van der Waals surface area contributed by atoms with Gasteiger partial charge in [-0.25, -0.2) is 9.59 Å². The van der Waals surface area contributed by atoms with Crippen molar-refractivity contribution in [2.45, 2.75) is 50.8 Å². The van der Waals surface area contributed by atoms with E-state index in [1.54, 1.807) is 20.8 Å². The molecule has 1 aromatic carbocycles. The lowest BCUT2D eigenvalue weighted by Gasteiger charge is -2.49. The van der Waals surface area contributed by atoms with E-state index in [0.717, 1.165) is 22.4 Å². The van der Waals surface area contributed by atoms with Gasteiger partial charge in [0, 0.05) is 19.5 Å². The summed E-state index contributed by atoms with van der Waals surface area (Å²) in [5.74, 6) is -2.65. The summed E-state index contributed by atoms with van der Waals surface area (Å²) >= 11 is 0. The summed E-state index contributed by atoms with van der Waals surface area (Å²) in [6.07, 6.45) is 0.855. The Morgan fingerprint density at radius 1 is 1.27 bits per heavy atom. The number of nitrogens with zero attached hydrogens (tertiary/aromatic N) is 1. The van der Waals surface area contributed by atoms with E-state index in [1.807, 2.05) is 24.3 Å². The zero-order chi connectivity index (χ0) is 19.1. The first kappa shape index (κ1) is 18.4. The number of benzene rings is 1. The molecule has 0 radical (unpaired) electrons. The van der Waals surface area contributed by atoms with Crippen LogP contribution in [0, 0.1) is 0 Å². The van der Waals surface area contributed by atoms with E-state index in [-0.39, 0.29) is 13.0 Å². The molecule has 0 saturated carbocycles. The molecule has 2 aliphatic rings. The van der Waals surface area contributed by atoms with Crippen LogP contribution in [0.3, 0.4) is 0 Å². The van der Waals surface area contributed by atoms with Gasteiger partial charge in [0.15, 0.2) is 0 Å². The highest BCUT2D eigenvalue weighted by atomic mass is 16.6. The standard InChI is InChI=1S/C19H24N2O5/c1-18(2,3)26-17(25)19(16(23)24)9-11-21(19)15(22)14-13-7-5-4-6-12(13)8-10-20-14/h4-7,14,20H,8-11H2,1-3H3,(H,23,24). The minimum atomic E-state index is -1.95. The van der Waals surface area contributed by atoms with Gasteiger partial charge in [0.2, 0.25) is 11.4 Å². The molecule has 2 unspecified atom stereocenters. The normalized spacial score (nSPS) is 25.0. The number of ether oxygens (including phenoxy) is 1. The van der Waals surface area contributed by atoms with E-state index >= 15 is 0 Å². The summed E-state index contributed by atoms with van der Waals surface area (Å²) in [5.41, 5.74) is -0.889. The second-order valence-corrected chi connectivity index (χ2v) is 7.74. The van der Waals surface area contributed by atoms with Crippen molar-refractivity contribution < 1.29 is 24.2 Å². The fourth-order valence-electron chi connectivity index (χ4n) is 3.51. The summed E-state index contributed by atoms with van der Waals surface area (Å²) in [6, 6.07) is 6.93. The van der Waals surface area contributed by atoms with Crippen LogP contribution in [-0.2, 0) is 25.5 Å². The Balaban J connectivity index is 1.90. The molecule has 1 aromatic rings. The van der Waals surface area contributed by atoms with E-state index in [0.29, 0.717) is 6.54 Å². The smallest absolute Gasteiger partial charge is 0.344 e. The zero-order valence-corrected chi connectivity index (χ0v) is 15.2. The molecule has 2 heterocycles. The van der Waals surface area contributed by atoms with Crippen LogP contribution < -0.4 is 5.32 Å². The molecule has 7 nitrogen and oxygen atoms in total. The number of aliphatic carboxylic acids is 1. The predicted molar refractivity (Wildman–Crippen MR) is 93.4 cm³/mol. The van der Waals surface area contributed by atoms with Crippen LogP contribution in [-0.4, -0.2) is 52.1 Å². The monoisotopic (exact) mass is 360 g/mol. The number of amides is 1. The van der Waals surface area contributed by atoms with Crippen molar-refractivity contribution in [1.82, 2.24) is 10.2 Å². The fraction of sp³-hybridized carbons (Fsp3) is 0.526. The molecule has 0 aromatic heterocycles. The highest BCUT2D eigenvalue weighted by Gasteiger charge is 2.62. The Kier molecular flexibility index (Phi) is 4.52. The lowest BCUT2D eigenvalue weighted by atomic mass is 9.82. The molecule has 0 bridgehead atoms. The molecular weight excluding hydrogens is 336 g/mol. The third-order valence-corrected chi connectivity index (χ3v) is 4.87. The van der Waals surface area contributed by atoms with Gasteiger partial charge in [-0.1, -0.05) is 24.3 Å². The number of rotatable bonds is 3. The molecule has 1 saturated heterocycles. The van der Waals surface area contributed by atoms with E-state index in [9.17, 15) is 19.5 Å². The van der Waals surface area contributed by atoms with Crippen LogP contribution >= 0.6 is 0 Å². The number of carbonyl (C=O) groups excluding carboxylic acids is 2. The van der Waals surface area contributed by atoms with Crippen molar-refractivity contribution in [1.29, 1.82) is 0 Å². The van der Waals surface area contributed by atoms with Gasteiger partial charge in [0.1, 0.15) is 11.6 Å². The summed E-state index contributed by atoms with van der Waals surface area (Å²) in [6.45, 7) is 5.84. The van der Waals surface area contributed by atoms with Crippen molar-refractivity contribution in [2.75, 3.05) is 13.1 Å². The molecule has 0 aliphatic carbocycles. The van der Waals surface area contributed by atoms with Crippen LogP contribution in [0.5, 0.6) is 0 Å². The number of likely N-dealkylation sites (tertiary alicyclic amines) is 1. The highest BCUT2D eigenvalue weighted by Crippen LogP contribution is 2.37. The maximum absolute atomic E-state index is 13.1. The first-order chi connectivity index (χ1) is 12.2. The van der Waals surface area contributed by atoms with Crippen molar-refractivity contribution in [3.63, 3.8) is 0 Å². The van der Waals surface area contributed by atoms with Crippen LogP contribution in [0.25, 0.3) is 0 Å². The molecule has 7 heteroatoms. The summed E-state index contributed by atoms with van der Waals surface area (Å²) < 4.78 is 5.31. The second-order valence-electron chi connectivity index (χ2n) is 7.74. The third-order valence-electron chi connectivity index (χ3n) is 4.87. The topological polar surface area (TPSA) is 95.9 Å². The van der Waals surface area contributed by atoms with Crippen molar-refractivity contribution in [3.05, 3.63) is 35.4 Å². The number of nitrogens with one attached hydrogen (secondary N) is 1. The van der Waals surface area contributed by atoms with Crippen LogP contribution in [0.2, 0.25) is 0 Å². The Hall–Kier alpha value is -2.41. The number of carboxylic acid groups (broad SMARTS) is 1. The highest BCUT2D eigenvalue weighted by molar-refractivity contribution is 6.09. The zero-order valence-electron chi connectivity index (χ0n) is 15.2. The maximum atomic E-state index is 13.1. The largest absolute Gasteiger partial charge is 0.479 e. The Morgan fingerprint density at radius 3 is 2.54 bits per heavy atom. The Labute approximate surface area is 152 Å². The van der Waals surface area contributed by atoms with E-state index in [4.69, 9.17) is 4.74 Å². The van der Waals surface area contributed by atoms with Crippen molar-refractivity contribution in [2.24, 2.45) is 0 Å². The van der Waals surface area contributed by atoms with Crippen molar-refractivity contribution in [3.8, 4) is 0 Å². The van der Waals surface area contributed by atoms with Crippen LogP contribution in [0.1, 0.15) is 44.4 Å². The fourth-order valence-corrected chi connectivity index (χ4v) is 3.51. The first-order valence-electron chi connectivity index (χ1n) is 8.76. The number of carboxylic acids is 1.